The van der Waals surface area contributed by atoms with Crippen LogP contribution in [-0.2, 0) is 15.8 Å². The molecule has 0 saturated heterocycles. The number of carboxylic acids is 1. The molecule has 2 aromatic carbocycles. The van der Waals surface area contributed by atoms with Gasteiger partial charge < -0.3 is 15.3 Å². The lowest BCUT2D eigenvalue weighted by molar-refractivity contribution is -0.138. The lowest BCUT2D eigenvalue weighted by Crippen LogP contribution is -2.51. The molecule has 10 heteroatoms. The molecule has 2 aromatic rings. The Kier molecular flexibility index (Phi) is 8.85. The van der Waals surface area contributed by atoms with E-state index in [0.717, 1.165) is 30.5 Å². The first-order valence-electron chi connectivity index (χ1n) is 14.4. The number of hydrogen-bond acceptors (Lipinski definition) is 4. The highest BCUT2D eigenvalue weighted by molar-refractivity contribution is 6.46. The lowest BCUT2D eigenvalue weighted by atomic mass is 9.69. The van der Waals surface area contributed by atoms with E-state index in [1.54, 1.807) is 24.3 Å². The highest BCUT2D eigenvalue weighted by Crippen LogP contribution is 2.49. The minimum absolute atomic E-state index is 0.0118. The maximum atomic E-state index is 14.1. The number of alkyl halides is 3. The fraction of sp³-hybridized carbons (Fsp3) is 0.500. The third kappa shape index (κ3) is 6.52. The SMILES string of the molecule is CC[C@H](c1ccc(C(=O)NCCC(=O)O)cc1)N1C(=O)C(c2ccc(C(F)(F)F)cc2)=NC12CCC(C(C)(C)C)CC2. The van der Waals surface area contributed by atoms with Gasteiger partial charge in [-0.25, -0.2) is 0 Å². The van der Waals surface area contributed by atoms with Gasteiger partial charge in [-0.3, -0.25) is 19.4 Å². The van der Waals surface area contributed by atoms with Crippen molar-refractivity contribution in [2.24, 2.45) is 16.3 Å². The number of carbonyl (C=O) groups is 3. The molecular formula is C32H38F3N3O4. The van der Waals surface area contributed by atoms with Crippen molar-refractivity contribution in [3.05, 3.63) is 70.8 Å². The second-order valence-corrected chi connectivity index (χ2v) is 12.3. The fourth-order valence-corrected chi connectivity index (χ4v) is 6.16. The Morgan fingerprint density at radius 3 is 2.14 bits per heavy atom. The number of amides is 2. The fourth-order valence-electron chi connectivity index (χ4n) is 6.16. The molecule has 1 aliphatic carbocycles. The van der Waals surface area contributed by atoms with E-state index in [4.69, 9.17) is 10.1 Å². The van der Waals surface area contributed by atoms with Crippen molar-refractivity contribution in [2.45, 2.75) is 84.1 Å². The van der Waals surface area contributed by atoms with E-state index in [2.05, 4.69) is 26.1 Å². The summed E-state index contributed by atoms with van der Waals surface area (Å²) < 4.78 is 39.6. The summed E-state index contributed by atoms with van der Waals surface area (Å²) in [6.07, 6.45) is -1.08. The molecule has 0 radical (unpaired) electrons. The van der Waals surface area contributed by atoms with Crippen molar-refractivity contribution < 1.29 is 32.7 Å². The van der Waals surface area contributed by atoms with Gasteiger partial charge in [0.05, 0.1) is 18.0 Å². The van der Waals surface area contributed by atoms with E-state index in [0.29, 0.717) is 36.3 Å². The zero-order chi connectivity index (χ0) is 30.9. The second-order valence-electron chi connectivity index (χ2n) is 12.3. The maximum absolute atomic E-state index is 14.1. The van der Waals surface area contributed by atoms with E-state index >= 15 is 0 Å². The summed E-state index contributed by atoms with van der Waals surface area (Å²) in [5.74, 6) is -1.26. The smallest absolute Gasteiger partial charge is 0.416 e. The number of aliphatic imine (C=N–C) groups is 1. The summed E-state index contributed by atoms with van der Waals surface area (Å²) in [6, 6.07) is 11.1. The van der Waals surface area contributed by atoms with Crippen molar-refractivity contribution in [2.75, 3.05) is 6.54 Å². The zero-order valence-electron chi connectivity index (χ0n) is 24.4. The first-order valence-corrected chi connectivity index (χ1v) is 14.4. The standard InChI is InChI=1S/C32H38F3N3O4/c1-5-25(20-6-8-22(9-7-20)28(41)36-19-16-26(39)40)38-29(42)27(21-10-12-24(13-11-21)32(33,34)35)37-31(38)17-14-23(15-18-31)30(2,3)4/h6-13,23,25H,5,14-19H2,1-4H3,(H,36,41)(H,39,40)/t23?,25-,31?/m1/s1. The van der Waals surface area contributed by atoms with Crippen molar-refractivity contribution in [1.82, 2.24) is 10.2 Å². The van der Waals surface area contributed by atoms with Crippen LogP contribution in [0.1, 0.15) is 99.3 Å². The summed E-state index contributed by atoms with van der Waals surface area (Å²) in [5.41, 5.74) is 0.211. The summed E-state index contributed by atoms with van der Waals surface area (Å²) in [5, 5.41) is 11.4. The Morgan fingerprint density at radius 2 is 1.64 bits per heavy atom. The Bertz CT molecular complexity index is 1340. The minimum atomic E-state index is -4.48. The van der Waals surface area contributed by atoms with Crippen LogP contribution in [0, 0.1) is 11.3 Å². The van der Waals surface area contributed by atoms with Crippen molar-refractivity contribution in [1.29, 1.82) is 0 Å². The van der Waals surface area contributed by atoms with E-state index in [-0.39, 0.29) is 36.0 Å². The molecule has 226 valence electrons. The van der Waals surface area contributed by atoms with Crippen LogP contribution in [0.15, 0.2) is 53.5 Å². The Morgan fingerprint density at radius 1 is 1.05 bits per heavy atom. The average molecular weight is 586 g/mol. The molecule has 2 amide bonds. The van der Waals surface area contributed by atoms with E-state index in [9.17, 15) is 27.6 Å². The molecule has 4 rings (SSSR count). The molecule has 1 atom stereocenters. The number of benzene rings is 2. The average Bonchev–Trinajstić information content (AvgIpc) is 3.20. The summed E-state index contributed by atoms with van der Waals surface area (Å²) >= 11 is 0. The van der Waals surface area contributed by atoms with Crippen LogP contribution in [0.4, 0.5) is 13.2 Å². The third-order valence-electron chi connectivity index (χ3n) is 8.57. The number of nitrogens with one attached hydrogen (secondary N) is 1. The van der Waals surface area contributed by atoms with E-state index in [1.165, 1.54) is 12.1 Å². The van der Waals surface area contributed by atoms with E-state index < -0.39 is 29.3 Å². The largest absolute Gasteiger partial charge is 0.481 e. The molecule has 2 aliphatic rings. The molecule has 0 unspecified atom stereocenters. The van der Waals surface area contributed by atoms with Crippen molar-refractivity contribution in [3.8, 4) is 0 Å². The molecule has 2 N–H and O–H groups in total. The van der Waals surface area contributed by atoms with Gasteiger partial charge in [-0.1, -0.05) is 52.0 Å². The number of nitrogens with zero attached hydrogens (tertiary/aromatic N) is 2. The van der Waals surface area contributed by atoms with Crippen LogP contribution >= 0.6 is 0 Å². The predicted molar refractivity (Wildman–Crippen MR) is 153 cm³/mol. The molecule has 1 spiro atoms. The number of aliphatic carboxylic acids is 1. The number of rotatable bonds is 8. The first kappa shape index (κ1) is 31.3. The summed E-state index contributed by atoms with van der Waals surface area (Å²) in [6.45, 7) is 8.60. The normalized spacial score (nSPS) is 21.8. The van der Waals surface area contributed by atoms with Crippen LogP contribution in [0.5, 0.6) is 0 Å². The van der Waals surface area contributed by atoms with Gasteiger partial charge in [-0.15, -0.1) is 0 Å². The summed E-state index contributed by atoms with van der Waals surface area (Å²) in [4.78, 5) is 44.2. The Balaban J connectivity index is 1.66. The molecule has 42 heavy (non-hydrogen) atoms. The monoisotopic (exact) mass is 585 g/mol. The topological polar surface area (TPSA) is 99.1 Å². The number of carbonyl (C=O) groups excluding carboxylic acids is 2. The highest BCUT2D eigenvalue weighted by Gasteiger charge is 2.52. The van der Waals surface area contributed by atoms with Crippen LogP contribution in [0.25, 0.3) is 0 Å². The molecule has 1 heterocycles. The van der Waals surface area contributed by atoms with Crippen molar-refractivity contribution >= 4 is 23.5 Å². The Labute approximate surface area is 244 Å². The van der Waals surface area contributed by atoms with Gasteiger partial charge in [0.2, 0.25) is 0 Å². The molecular weight excluding hydrogens is 547 g/mol. The van der Waals surface area contributed by atoms with Gasteiger partial charge in [0.25, 0.3) is 11.8 Å². The maximum Gasteiger partial charge on any atom is 0.416 e. The molecule has 0 bridgehead atoms. The zero-order valence-corrected chi connectivity index (χ0v) is 24.4. The van der Waals surface area contributed by atoms with Crippen molar-refractivity contribution in [3.63, 3.8) is 0 Å². The first-order chi connectivity index (χ1) is 19.7. The molecule has 1 fully saturated rings. The molecule has 1 aliphatic heterocycles. The Hall–Kier alpha value is -3.69. The number of carboxylic acid groups (broad SMARTS) is 1. The van der Waals surface area contributed by atoms with E-state index in [1.807, 2.05) is 11.8 Å². The van der Waals surface area contributed by atoms with Gasteiger partial charge in [0.15, 0.2) is 0 Å². The van der Waals surface area contributed by atoms with Gasteiger partial charge in [0, 0.05) is 17.7 Å². The minimum Gasteiger partial charge on any atom is -0.481 e. The highest BCUT2D eigenvalue weighted by atomic mass is 19.4. The quantitative estimate of drug-likeness (QED) is 0.364. The molecule has 1 saturated carbocycles. The molecule has 0 aromatic heterocycles. The van der Waals surface area contributed by atoms with Gasteiger partial charge in [-0.05, 0) is 73.3 Å². The van der Waals surface area contributed by atoms with Crippen LogP contribution < -0.4 is 5.32 Å². The second kappa shape index (κ2) is 11.9. The molecule has 7 nitrogen and oxygen atoms in total. The third-order valence-corrected chi connectivity index (χ3v) is 8.57. The number of halogens is 3. The number of hydrogen-bond donors (Lipinski definition) is 2. The predicted octanol–water partition coefficient (Wildman–Crippen LogP) is 6.63. The van der Waals surface area contributed by atoms with Gasteiger partial charge >= 0.3 is 12.1 Å². The van der Waals surface area contributed by atoms with Gasteiger partial charge in [-0.2, -0.15) is 13.2 Å². The lowest BCUT2D eigenvalue weighted by Gasteiger charge is -2.47. The van der Waals surface area contributed by atoms with Crippen LogP contribution in [0.3, 0.4) is 0 Å². The van der Waals surface area contributed by atoms with Crippen LogP contribution in [0.2, 0.25) is 0 Å². The van der Waals surface area contributed by atoms with Crippen LogP contribution in [-0.4, -0.2) is 45.7 Å². The van der Waals surface area contributed by atoms with Gasteiger partial charge in [0.1, 0.15) is 11.4 Å². The summed E-state index contributed by atoms with van der Waals surface area (Å²) in [7, 11) is 0.